The number of methoxy groups -OCH3 is 1. The number of carbonyl (C=O) groups excluding carboxylic acids is 2. The summed E-state index contributed by atoms with van der Waals surface area (Å²) in [6, 6.07) is 11.2. The predicted molar refractivity (Wildman–Crippen MR) is 145 cm³/mol. The van der Waals surface area contributed by atoms with Gasteiger partial charge in [0.25, 0.3) is 5.91 Å². The number of carbonyl (C=O) groups is 2. The van der Waals surface area contributed by atoms with Gasteiger partial charge in [-0.3, -0.25) is 9.59 Å². The number of nitrogens with one attached hydrogen (secondary N) is 4. The van der Waals surface area contributed by atoms with E-state index >= 15 is 0 Å². The Labute approximate surface area is 215 Å². The lowest BCUT2D eigenvalue weighted by Gasteiger charge is -2.24. The maximum atomic E-state index is 12.6. The van der Waals surface area contributed by atoms with Crippen molar-refractivity contribution in [2.45, 2.75) is 32.6 Å². The van der Waals surface area contributed by atoms with E-state index in [-0.39, 0.29) is 11.8 Å². The van der Waals surface area contributed by atoms with Gasteiger partial charge in [-0.25, -0.2) is 0 Å². The van der Waals surface area contributed by atoms with Crippen molar-refractivity contribution in [1.82, 2.24) is 15.3 Å². The molecule has 0 fully saturated rings. The van der Waals surface area contributed by atoms with Gasteiger partial charge in [0.1, 0.15) is 17.4 Å². The minimum Gasteiger partial charge on any atom is -0.494 e. The molecule has 0 radical (unpaired) electrons. The highest BCUT2D eigenvalue weighted by Gasteiger charge is 2.26. The van der Waals surface area contributed by atoms with Crippen molar-refractivity contribution >= 4 is 46.5 Å². The minimum absolute atomic E-state index is 0.129. The molecule has 2 amide bonds. The number of hydrogen-bond acceptors (Lipinski definition) is 8. The average molecular weight is 502 g/mol. The minimum atomic E-state index is -0.181. The van der Waals surface area contributed by atoms with E-state index in [4.69, 9.17) is 14.7 Å². The van der Waals surface area contributed by atoms with E-state index in [9.17, 15) is 9.59 Å². The second-order valence-electron chi connectivity index (χ2n) is 8.91. The summed E-state index contributed by atoms with van der Waals surface area (Å²) < 4.78 is 5.84. The molecule has 0 saturated heterocycles. The number of para-hydroxylation sites is 1. The Morgan fingerprint density at radius 3 is 2.68 bits per heavy atom. The fourth-order valence-electron chi connectivity index (χ4n) is 4.98. The monoisotopic (exact) mass is 501 g/mol. The van der Waals surface area contributed by atoms with E-state index in [1.54, 1.807) is 20.2 Å². The van der Waals surface area contributed by atoms with Crippen LogP contribution in [0.25, 0.3) is 0 Å². The molecule has 2 aliphatic rings. The molecule has 4 N–H and O–H groups in total. The number of fused-ring (bicyclic) bond motifs is 2. The number of anilines is 6. The number of hydrogen-bond donors (Lipinski definition) is 4. The van der Waals surface area contributed by atoms with Crippen LogP contribution in [0, 0.1) is 0 Å². The smallest absolute Gasteiger partial charge is 0.253 e. The third kappa shape index (κ3) is 4.62. The zero-order valence-electron chi connectivity index (χ0n) is 21.3. The lowest BCUT2D eigenvalue weighted by molar-refractivity contribution is -0.118. The standard InChI is InChI=1S/C27H31N7O3/c1-4-34-21-13-12-20(23(37-3)17(21)9-7-11-22(34)35)31-27-32-24-18(14-15-29-24)25(33-27)30-19-10-6-5-8-16(19)26(36)28-2/h5-6,8,10,12-13H,4,7,9,11,14-15H2,1-3H3,(H,28,36)(H3,29,30,31,32,33). The number of rotatable bonds is 7. The first-order valence-corrected chi connectivity index (χ1v) is 12.5. The van der Waals surface area contributed by atoms with Crippen molar-refractivity contribution < 1.29 is 14.3 Å². The van der Waals surface area contributed by atoms with E-state index in [0.717, 1.165) is 54.1 Å². The van der Waals surface area contributed by atoms with Gasteiger partial charge in [-0.15, -0.1) is 0 Å². The molecular formula is C27H31N7O3. The summed E-state index contributed by atoms with van der Waals surface area (Å²) in [5.41, 5.74) is 4.76. The van der Waals surface area contributed by atoms with Crippen molar-refractivity contribution in [2.24, 2.45) is 0 Å². The van der Waals surface area contributed by atoms with Crippen LogP contribution in [0.1, 0.15) is 41.3 Å². The first kappa shape index (κ1) is 24.4. The maximum Gasteiger partial charge on any atom is 0.253 e. The maximum absolute atomic E-state index is 12.6. The van der Waals surface area contributed by atoms with Gasteiger partial charge >= 0.3 is 0 Å². The Morgan fingerprint density at radius 2 is 1.89 bits per heavy atom. The van der Waals surface area contributed by atoms with Crippen LogP contribution in [0.2, 0.25) is 0 Å². The molecule has 0 atom stereocenters. The normalized spacial score (nSPS) is 14.2. The fraction of sp³-hybridized carbons (Fsp3) is 0.333. The predicted octanol–water partition coefficient (Wildman–Crippen LogP) is 3.99. The average Bonchev–Trinajstić information content (AvgIpc) is 3.32. The van der Waals surface area contributed by atoms with Gasteiger partial charge in [0, 0.05) is 37.7 Å². The molecule has 10 heteroatoms. The van der Waals surface area contributed by atoms with Gasteiger partial charge in [-0.05, 0) is 50.5 Å². The Bertz CT molecular complexity index is 1360. The van der Waals surface area contributed by atoms with Crippen molar-refractivity contribution in [3.8, 4) is 5.75 Å². The lowest BCUT2D eigenvalue weighted by Crippen LogP contribution is -2.29. The molecule has 0 spiro atoms. The van der Waals surface area contributed by atoms with Crippen LogP contribution in [-0.4, -0.2) is 49.0 Å². The van der Waals surface area contributed by atoms with Gasteiger partial charge in [0.15, 0.2) is 0 Å². The molecule has 3 aromatic rings. The summed E-state index contributed by atoms with van der Waals surface area (Å²) in [5.74, 6) is 2.40. The highest BCUT2D eigenvalue weighted by atomic mass is 16.5. The summed E-state index contributed by atoms with van der Waals surface area (Å²) in [5, 5.41) is 12.7. The Balaban J connectivity index is 1.52. The third-order valence-electron chi connectivity index (χ3n) is 6.74. The zero-order chi connectivity index (χ0) is 25.9. The number of nitrogens with zero attached hydrogens (tertiary/aromatic N) is 3. The summed E-state index contributed by atoms with van der Waals surface area (Å²) >= 11 is 0. The fourth-order valence-corrected chi connectivity index (χ4v) is 4.98. The lowest BCUT2D eigenvalue weighted by atomic mass is 10.0. The van der Waals surface area contributed by atoms with Crippen LogP contribution in [-0.2, 0) is 17.6 Å². The van der Waals surface area contributed by atoms with Gasteiger partial charge < -0.3 is 30.9 Å². The summed E-state index contributed by atoms with van der Waals surface area (Å²) in [6.07, 6.45) is 2.79. The Morgan fingerprint density at radius 1 is 1.05 bits per heavy atom. The summed E-state index contributed by atoms with van der Waals surface area (Å²) in [7, 11) is 3.24. The van der Waals surface area contributed by atoms with Gasteiger partial charge in [-0.2, -0.15) is 9.97 Å². The van der Waals surface area contributed by atoms with E-state index in [1.165, 1.54) is 0 Å². The SMILES string of the molecule is CCN1C(=O)CCCc2c1ccc(Nc1nc3c(c(Nc4ccccc4C(=O)NC)n1)CCN3)c2OC. The number of amides is 2. The highest BCUT2D eigenvalue weighted by Crippen LogP contribution is 2.41. The van der Waals surface area contributed by atoms with Crippen molar-refractivity contribution in [2.75, 3.05) is 48.1 Å². The molecule has 2 aromatic carbocycles. The van der Waals surface area contributed by atoms with E-state index in [1.807, 2.05) is 42.2 Å². The van der Waals surface area contributed by atoms with Gasteiger partial charge in [0.05, 0.1) is 29.7 Å². The quantitative estimate of drug-likeness (QED) is 0.384. The number of ether oxygens (including phenoxy) is 1. The van der Waals surface area contributed by atoms with Crippen LogP contribution in [0.4, 0.5) is 34.6 Å². The highest BCUT2D eigenvalue weighted by molar-refractivity contribution is 6.00. The largest absolute Gasteiger partial charge is 0.494 e. The van der Waals surface area contributed by atoms with Gasteiger partial charge in [0.2, 0.25) is 11.9 Å². The topological polar surface area (TPSA) is 121 Å². The van der Waals surface area contributed by atoms with Crippen LogP contribution < -0.4 is 30.9 Å². The first-order chi connectivity index (χ1) is 18.0. The molecule has 0 unspecified atom stereocenters. The van der Waals surface area contributed by atoms with E-state index < -0.39 is 0 Å². The number of aromatic nitrogens is 2. The first-order valence-electron chi connectivity index (χ1n) is 12.5. The summed E-state index contributed by atoms with van der Waals surface area (Å²) in [4.78, 5) is 36.3. The van der Waals surface area contributed by atoms with Gasteiger partial charge in [-0.1, -0.05) is 12.1 Å². The van der Waals surface area contributed by atoms with Crippen molar-refractivity contribution in [3.63, 3.8) is 0 Å². The zero-order valence-corrected chi connectivity index (χ0v) is 21.3. The molecule has 192 valence electrons. The second kappa shape index (κ2) is 10.3. The third-order valence-corrected chi connectivity index (χ3v) is 6.74. The molecule has 0 saturated carbocycles. The second-order valence-corrected chi connectivity index (χ2v) is 8.91. The van der Waals surface area contributed by atoms with Crippen molar-refractivity contribution in [1.29, 1.82) is 0 Å². The van der Waals surface area contributed by atoms with Crippen LogP contribution in [0.15, 0.2) is 36.4 Å². The van der Waals surface area contributed by atoms with Crippen molar-refractivity contribution in [3.05, 3.63) is 53.1 Å². The molecule has 2 aliphatic heterocycles. The summed E-state index contributed by atoms with van der Waals surface area (Å²) in [6.45, 7) is 3.34. The van der Waals surface area contributed by atoms with E-state index in [0.29, 0.717) is 41.7 Å². The Kier molecular flexibility index (Phi) is 6.80. The van der Waals surface area contributed by atoms with Crippen LogP contribution in [0.5, 0.6) is 5.75 Å². The molecule has 5 rings (SSSR count). The van der Waals surface area contributed by atoms with E-state index in [2.05, 4.69) is 21.3 Å². The Hall–Kier alpha value is -4.34. The van der Waals surface area contributed by atoms with Crippen LogP contribution in [0.3, 0.4) is 0 Å². The molecular weight excluding hydrogens is 470 g/mol. The molecule has 0 aliphatic carbocycles. The molecule has 37 heavy (non-hydrogen) atoms. The molecule has 0 bridgehead atoms. The molecule has 3 heterocycles. The molecule has 1 aromatic heterocycles. The number of benzene rings is 2. The van der Waals surface area contributed by atoms with Crippen LogP contribution >= 0.6 is 0 Å². The molecule has 10 nitrogen and oxygen atoms in total.